The molecule has 1 aliphatic heterocycles. The van der Waals surface area contributed by atoms with Gasteiger partial charge in [-0.15, -0.1) is 0 Å². The van der Waals surface area contributed by atoms with Crippen LogP contribution in [0.5, 0.6) is 11.5 Å². The van der Waals surface area contributed by atoms with E-state index >= 15 is 0 Å². The molecule has 3 heteroatoms. The Kier molecular flexibility index (Phi) is 5.05. The first-order valence-electron chi connectivity index (χ1n) is 8.68. The second-order valence-electron chi connectivity index (χ2n) is 6.54. The molecule has 0 amide bonds. The molecule has 0 N–H and O–H groups in total. The van der Waals surface area contributed by atoms with Crippen molar-refractivity contribution in [3.8, 4) is 17.6 Å². The highest BCUT2D eigenvalue weighted by Crippen LogP contribution is 2.34. The molecule has 0 radical (unpaired) electrons. The Morgan fingerprint density at radius 1 is 1.17 bits per heavy atom. The van der Waals surface area contributed by atoms with Crippen molar-refractivity contribution in [1.29, 1.82) is 5.26 Å². The fourth-order valence-corrected chi connectivity index (χ4v) is 3.43. The number of aryl methyl sites for hydroxylation is 1. The summed E-state index contributed by atoms with van der Waals surface area (Å²) in [5.41, 5.74) is 2.31. The second-order valence-corrected chi connectivity index (χ2v) is 6.54. The van der Waals surface area contributed by atoms with E-state index in [1.807, 2.05) is 43.3 Å². The highest BCUT2D eigenvalue weighted by atomic mass is 16.5. The third kappa shape index (κ3) is 3.54. The summed E-state index contributed by atoms with van der Waals surface area (Å²) in [7, 11) is 0. The van der Waals surface area contributed by atoms with Gasteiger partial charge >= 0.3 is 0 Å². The average Bonchev–Trinajstić information content (AvgIpc) is 3.01. The predicted molar refractivity (Wildman–Crippen MR) is 97.5 cm³/mol. The van der Waals surface area contributed by atoms with Gasteiger partial charge in [0.1, 0.15) is 11.5 Å². The summed E-state index contributed by atoms with van der Waals surface area (Å²) in [6.07, 6.45) is 2.89. The van der Waals surface area contributed by atoms with E-state index in [1.165, 1.54) is 12.1 Å². The maximum atomic E-state index is 9.09. The van der Waals surface area contributed by atoms with E-state index in [0.717, 1.165) is 30.0 Å². The number of nitriles is 1. The minimum absolute atomic E-state index is 0.336. The molecule has 0 saturated carbocycles. The largest absolute Gasteiger partial charge is 0.457 e. The zero-order valence-corrected chi connectivity index (χ0v) is 14.4. The van der Waals surface area contributed by atoms with Crippen LogP contribution in [0.25, 0.3) is 0 Å². The normalized spacial score (nSPS) is 20.0. The standard InChI is InChI=1S/C21H24N2O/c1-3-17-14-19(12-13-22)23(15-17)18-8-10-20(11-9-18)24-21-7-5-4-6-16(21)2/h4-11,17,19H,3,12,14-15H2,1-2H3/t17-,19+/m0/s1. The summed E-state index contributed by atoms with van der Waals surface area (Å²) < 4.78 is 5.97. The van der Waals surface area contributed by atoms with E-state index in [2.05, 4.69) is 30.0 Å². The molecule has 0 aromatic heterocycles. The van der Waals surface area contributed by atoms with Gasteiger partial charge in [0.2, 0.25) is 0 Å². The first-order chi connectivity index (χ1) is 11.7. The Hall–Kier alpha value is -2.47. The molecule has 1 fully saturated rings. The highest BCUT2D eigenvalue weighted by molar-refractivity contribution is 5.52. The van der Waals surface area contributed by atoms with Crippen molar-refractivity contribution in [3.05, 3.63) is 54.1 Å². The van der Waals surface area contributed by atoms with Crippen molar-refractivity contribution >= 4 is 5.69 Å². The van der Waals surface area contributed by atoms with Gasteiger partial charge in [-0.05, 0) is 55.2 Å². The van der Waals surface area contributed by atoms with Crippen molar-refractivity contribution in [2.24, 2.45) is 5.92 Å². The van der Waals surface area contributed by atoms with Crippen LogP contribution in [0.2, 0.25) is 0 Å². The summed E-state index contributed by atoms with van der Waals surface area (Å²) in [4.78, 5) is 2.38. The minimum atomic E-state index is 0.336. The number of para-hydroxylation sites is 1. The molecule has 1 heterocycles. The molecule has 124 valence electrons. The van der Waals surface area contributed by atoms with Crippen LogP contribution >= 0.6 is 0 Å². The van der Waals surface area contributed by atoms with Crippen LogP contribution < -0.4 is 9.64 Å². The Labute approximate surface area is 144 Å². The zero-order valence-electron chi connectivity index (χ0n) is 14.4. The van der Waals surface area contributed by atoms with Crippen LogP contribution in [0.3, 0.4) is 0 Å². The Balaban J connectivity index is 1.74. The Morgan fingerprint density at radius 3 is 2.58 bits per heavy atom. The van der Waals surface area contributed by atoms with Crippen molar-refractivity contribution in [1.82, 2.24) is 0 Å². The minimum Gasteiger partial charge on any atom is -0.457 e. The quantitative estimate of drug-likeness (QED) is 0.749. The van der Waals surface area contributed by atoms with Gasteiger partial charge < -0.3 is 9.64 Å². The van der Waals surface area contributed by atoms with Gasteiger partial charge in [0, 0.05) is 18.3 Å². The number of hydrogen-bond acceptors (Lipinski definition) is 3. The third-order valence-corrected chi connectivity index (χ3v) is 4.90. The summed E-state index contributed by atoms with van der Waals surface area (Å²) in [5.74, 6) is 2.42. The van der Waals surface area contributed by atoms with Crippen LogP contribution in [0.15, 0.2) is 48.5 Å². The third-order valence-electron chi connectivity index (χ3n) is 4.90. The second kappa shape index (κ2) is 7.40. The van der Waals surface area contributed by atoms with Crippen molar-refractivity contribution in [2.75, 3.05) is 11.4 Å². The van der Waals surface area contributed by atoms with Gasteiger partial charge in [-0.25, -0.2) is 0 Å². The molecule has 2 aromatic carbocycles. The fourth-order valence-electron chi connectivity index (χ4n) is 3.43. The SMILES string of the molecule is CC[C@H]1C[C@@H](CC#N)N(c2ccc(Oc3ccccc3C)cc2)C1. The molecule has 1 aliphatic rings. The molecule has 1 saturated heterocycles. The average molecular weight is 320 g/mol. The number of ether oxygens (including phenoxy) is 1. The lowest BCUT2D eigenvalue weighted by molar-refractivity contribution is 0.479. The van der Waals surface area contributed by atoms with Crippen LogP contribution in [0.4, 0.5) is 5.69 Å². The van der Waals surface area contributed by atoms with E-state index in [4.69, 9.17) is 10.00 Å². The molecule has 0 aliphatic carbocycles. The van der Waals surface area contributed by atoms with Crippen LogP contribution in [0.1, 0.15) is 31.7 Å². The van der Waals surface area contributed by atoms with Crippen LogP contribution in [0, 0.1) is 24.2 Å². The van der Waals surface area contributed by atoms with Gasteiger partial charge in [-0.1, -0.05) is 31.5 Å². The number of anilines is 1. The molecule has 2 atom stereocenters. The molecule has 3 nitrogen and oxygen atoms in total. The first-order valence-corrected chi connectivity index (χ1v) is 8.68. The van der Waals surface area contributed by atoms with E-state index < -0.39 is 0 Å². The summed E-state index contributed by atoms with van der Waals surface area (Å²) in [5, 5.41) is 9.09. The summed E-state index contributed by atoms with van der Waals surface area (Å²) in [6.45, 7) is 5.32. The van der Waals surface area contributed by atoms with Crippen molar-refractivity contribution in [3.63, 3.8) is 0 Å². The molecule has 2 aromatic rings. The van der Waals surface area contributed by atoms with Gasteiger partial charge in [0.05, 0.1) is 12.5 Å². The maximum absolute atomic E-state index is 9.09. The number of nitrogens with zero attached hydrogens (tertiary/aromatic N) is 2. The number of hydrogen-bond donors (Lipinski definition) is 0. The number of benzene rings is 2. The van der Waals surface area contributed by atoms with Crippen molar-refractivity contribution < 1.29 is 4.74 Å². The molecule has 0 unspecified atom stereocenters. The van der Waals surface area contributed by atoms with Crippen LogP contribution in [-0.4, -0.2) is 12.6 Å². The van der Waals surface area contributed by atoms with E-state index in [1.54, 1.807) is 0 Å². The van der Waals surface area contributed by atoms with Gasteiger partial charge in [0.15, 0.2) is 0 Å². The summed E-state index contributed by atoms with van der Waals surface area (Å²) >= 11 is 0. The fraction of sp³-hybridized carbons (Fsp3) is 0.381. The van der Waals surface area contributed by atoms with E-state index in [-0.39, 0.29) is 0 Å². The van der Waals surface area contributed by atoms with Gasteiger partial charge in [0.25, 0.3) is 0 Å². The molecular weight excluding hydrogens is 296 g/mol. The molecule has 0 bridgehead atoms. The Morgan fingerprint density at radius 2 is 1.92 bits per heavy atom. The van der Waals surface area contributed by atoms with Gasteiger partial charge in [-0.2, -0.15) is 5.26 Å². The summed E-state index contributed by atoms with van der Waals surface area (Å²) in [6, 6.07) is 19.0. The van der Waals surface area contributed by atoms with Crippen LogP contribution in [-0.2, 0) is 0 Å². The molecule has 3 rings (SSSR count). The van der Waals surface area contributed by atoms with Gasteiger partial charge in [-0.3, -0.25) is 0 Å². The molecular formula is C21H24N2O. The smallest absolute Gasteiger partial charge is 0.130 e. The predicted octanol–water partition coefficient (Wildman–Crippen LogP) is 5.31. The lowest BCUT2D eigenvalue weighted by Gasteiger charge is -2.25. The first kappa shape index (κ1) is 16.4. The monoisotopic (exact) mass is 320 g/mol. The zero-order chi connectivity index (χ0) is 16.9. The van der Waals surface area contributed by atoms with E-state index in [0.29, 0.717) is 18.4 Å². The van der Waals surface area contributed by atoms with E-state index in [9.17, 15) is 0 Å². The lowest BCUT2D eigenvalue weighted by Crippen LogP contribution is -2.28. The lowest BCUT2D eigenvalue weighted by atomic mass is 10.0. The van der Waals surface area contributed by atoms with Crippen molar-refractivity contribution in [2.45, 2.75) is 39.2 Å². The number of rotatable bonds is 5. The highest BCUT2D eigenvalue weighted by Gasteiger charge is 2.30. The topological polar surface area (TPSA) is 36.3 Å². The molecule has 24 heavy (non-hydrogen) atoms. The maximum Gasteiger partial charge on any atom is 0.130 e. The Bertz CT molecular complexity index is 717. The molecule has 0 spiro atoms.